The average Bonchev–Trinajstić information content (AvgIpc) is 2.09. The minimum Gasteiger partial charge on any atom is -0.433 e. The Kier molecular flexibility index (Phi) is 2.50. The summed E-state index contributed by atoms with van der Waals surface area (Å²) in [5.74, 6) is 0. The Labute approximate surface area is 78.1 Å². The van der Waals surface area contributed by atoms with Crippen LogP contribution in [0.3, 0.4) is 0 Å². The number of nitrogens with zero attached hydrogens (tertiary/aromatic N) is 1. The minimum atomic E-state index is -0.593. The third-order valence-electron chi connectivity index (χ3n) is 2.25. The van der Waals surface area contributed by atoms with Crippen LogP contribution in [-0.4, -0.2) is 38.4 Å². The summed E-state index contributed by atoms with van der Waals surface area (Å²) in [7, 11) is 3.81. The van der Waals surface area contributed by atoms with Crippen LogP contribution in [-0.2, 0) is 9.47 Å². The second-order valence-electron chi connectivity index (χ2n) is 3.73. The van der Waals surface area contributed by atoms with Crippen molar-refractivity contribution in [3.8, 4) is 0 Å². The lowest BCUT2D eigenvalue weighted by atomic mass is 9.88. The molecule has 1 saturated heterocycles. The van der Waals surface area contributed by atoms with Crippen LogP contribution in [0.25, 0.3) is 0 Å². The Morgan fingerprint density at radius 2 is 1.92 bits per heavy atom. The molecule has 1 aliphatic heterocycles. The number of carbonyl (C=O) groups excluding carboxylic acids is 1. The van der Waals surface area contributed by atoms with Crippen molar-refractivity contribution in [2.45, 2.75) is 6.92 Å². The molecular weight excluding hydrogens is 170 g/mol. The molecule has 1 aliphatic rings. The van der Waals surface area contributed by atoms with Gasteiger partial charge in [-0.05, 0) is 6.92 Å². The van der Waals surface area contributed by atoms with E-state index in [2.05, 4.69) is 6.58 Å². The summed E-state index contributed by atoms with van der Waals surface area (Å²) in [6.07, 6.45) is -0.593. The molecule has 0 atom stereocenters. The molecule has 0 radical (unpaired) electrons. The molecule has 1 fully saturated rings. The van der Waals surface area contributed by atoms with E-state index in [0.29, 0.717) is 13.2 Å². The van der Waals surface area contributed by atoms with Crippen LogP contribution >= 0.6 is 0 Å². The first kappa shape index (κ1) is 9.89. The molecular formula is C9H15NO3. The normalized spacial score (nSPS) is 20.1. The number of rotatable bonds is 2. The molecule has 4 nitrogen and oxygen atoms in total. The monoisotopic (exact) mass is 185 g/mol. The molecule has 0 spiro atoms. The quantitative estimate of drug-likeness (QED) is 0.607. The molecule has 0 aliphatic carbocycles. The SMILES string of the molecule is C=C(N(C)C)C1(C)COC(=O)OC1. The third-order valence-corrected chi connectivity index (χ3v) is 2.25. The van der Waals surface area contributed by atoms with Gasteiger partial charge in [0.2, 0.25) is 0 Å². The highest BCUT2D eigenvalue weighted by atomic mass is 16.7. The topological polar surface area (TPSA) is 38.8 Å². The summed E-state index contributed by atoms with van der Waals surface area (Å²) in [4.78, 5) is 12.6. The lowest BCUT2D eigenvalue weighted by Crippen LogP contribution is -2.41. The van der Waals surface area contributed by atoms with E-state index >= 15 is 0 Å². The molecule has 0 N–H and O–H groups in total. The van der Waals surface area contributed by atoms with Crippen molar-refractivity contribution in [2.75, 3.05) is 27.3 Å². The van der Waals surface area contributed by atoms with Crippen molar-refractivity contribution in [1.82, 2.24) is 4.90 Å². The van der Waals surface area contributed by atoms with E-state index in [9.17, 15) is 4.79 Å². The molecule has 0 bridgehead atoms. The molecule has 4 heteroatoms. The van der Waals surface area contributed by atoms with E-state index in [1.807, 2.05) is 25.9 Å². The fourth-order valence-corrected chi connectivity index (χ4v) is 1.23. The number of ether oxygens (including phenoxy) is 2. The molecule has 13 heavy (non-hydrogen) atoms. The van der Waals surface area contributed by atoms with Gasteiger partial charge < -0.3 is 14.4 Å². The van der Waals surface area contributed by atoms with Crippen LogP contribution < -0.4 is 0 Å². The molecule has 0 amide bonds. The Morgan fingerprint density at radius 3 is 2.31 bits per heavy atom. The first-order chi connectivity index (χ1) is 5.96. The largest absolute Gasteiger partial charge is 0.508 e. The van der Waals surface area contributed by atoms with Gasteiger partial charge in [-0.15, -0.1) is 0 Å². The van der Waals surface area contributed by atoms with Gasteiger partial charge in [-0.25, -0.2) is 4.79 Å². The fourth-order valence-electron chi connectivity index (χ4n) is 1.23. The van der Waals surface area contributed by atoms with Gasteiger partial charge in [0, 0.05) is 19.8 Å². The molecule has 0 unspecified atom stereocenters. The molecule has 1 heterocycles. The Hall–Kier alpha value is -1.19. The van der Waals surface area contributed by atoms with Crippen LogP contribution in [0, 0.1) is 5.41 Å². The highest BCUT2D eigenvalue weighted by Crippen LogP contribution is 2.30. The zero-order chi connectivity index (χ0) is 10.1. The fraction of sp³-hybridized carbons (Fsp3) is 0.667. The lowest BCUT2D eigenvalue weighted by Gasteiger charge is -2.36. The summed E-state index contributed by atoms with van der Waals surface area (Å²) in [6, 6.07) is 0. The van der Waals surface area contributed by atoms with Gasteiger partial charge in [-0.3, -0.25) is 0 Å². The Bertz CT molecular complexity index is 225. The standard InChI is InChI=1S/C9H15NO3/c1-7(10(3)4)9(2)5-12-8(11)13-6-9/h1,5-6H2,2-4H3. The second-order valence-corrected chi connectivity index (χ2v) is 3.73. The van der Waals surface area contributed by atoms with E-state index in [1.165, 1.54) is 0 Å². The van der Waals surface area contributed by atoms with Gasteiger partial charge >= 0.3 is 6.16 Å². The number of hydrogen-bond donors (Lipinski definition) is 0. The number of cyclic esters (lactones) is 2. The van der Waals surface area contributed by atoms with Crippen molar-refractivity contribution in [3.63, 3.8) is 0 Å². The van der Waals surface area contributed by atoms with Crippen molar-refractivity contribution >= 4 is 6.16 Å². The summed E-state index contributed by atoms with van der Waals surface area (Å²) in [5, 5.41) is 0. The maximum absolute atomic E-state index is 10.7. The van der Waals surface area contributed by atoms with Gasteiger partial charge in [0.05, 0.1) is 5.41 Å². The van der Waals surface area contributed by atoms with E-state index in [-0.39, 0.29) is 5.41 Å². The molecule has 1 rings (SSSR count). The van der Waals surface area contributed by atoms with Crippen LogP contribution in [0.15, 0.2) is 12.3 Å². The second kappa shape index (κ2) is 3.28. The summed E-state index contributed by atoms with van der Waals surface area (Å²) in [5.41, 5.74) is 0.609. The van der Waals surface area contributed by atoms with E-state index < -0.39 is 6.16 Å². The average molecular weight is 185 g/mol. The maximum atomic E-state index is 10.7. The predicted molar refractivity (Wildman–Crippen MR) is 48.2 cm³/mol. The van der Waals surface area contributed by atoms with Gasteiger partial charge in [-0.1, -0.05) is 6.58 Å². The van der Waals surface area contributed by atoms with Crippen LogP contribution in [0.4, 0.5) is 4.79 Å². The number of carbonyl (C=O) groups is 1. The first-order valence-corrected chi connectivity index (χ1v) is 4.12. The van der Waals surface area contributed by atoms with Crippen LogP contribution in [0.1, 0.15) is 6.92 Å². The summed E-state index contributed by atoms with van der Waals surface area (Å²) < 4.78 is 9.63. The molecule has 74 valence electrons. The molecule has 0 aromatic rings. The smallest absolute Gasteiger partial charge is 0.433 e. The van der Waals surface area contributed by atoms with Crippen LogP contribution in [0.5, 0.6) is 0 Å². The lowest BCUT2D eigenvalue weighted by molar-refractivity contribution is -0.0441. The zero-order valence-electron chi connectivity index (χ0n) is 8.29. The number of hydrogen-bond acceptors (Lipinski definition) is 4. The maximum Gasteiger partial charge on any atom is 0.508 e. The Balaban J connectivity index is 2.67. The van der Waals surface area contributed by atoms with Crippen molar-refractivity contribution in [1.29, 1.82) is 0 Å². The van der Waals surface area contributed by atoms with Crippen LogP contribution in [0.2, 0.25) is 0 Å². The minimum absolute atomic E-state index is 0.294. The van der Waals surface area contributed by atoms with E-state index in [4.69, 9.17) is 9.47 Å². The van der Waals surface area contributed by atoms with E-state index in [1.54, 1.807) is 0 Å². The van der Waals surface area contributed by atoms with Crippen molar-refractivity contribution in [2.24, 2.45) is 5.41 Å². The predicted octanol–water partition coefficient (Wildman–Crippen LogP) is 1.23. The van der Waals surface area contributed by atoms with Gasteiger partial charge in [-0.2, -0.15) is 0 Å². The van der Waals surface area contributed by atoms with Crippen molar-refractivity contribution < 1.29 is 14.3 Å². The van der Waals surface area contributed by atoms with Crippen molar-refractivity contribution in [3.05, 3.63) is 12.3 Å². The summed E-state index contributed by atoms with van der Waals surface area (Å²) in [6.45, 7) is 6.56. The highest BCUT2D eigenvalue weighted by Gasteiger charge is 2.36. The zero-order valence-corrected chi connectivity index (χ0v) is 8.29. The third kappa shape index (κ3) is 1.94. The Morgan fingerprint density at radius 1 is 1.46 bits per heavy atom. The molecule has 0 aromatic carbocycles. The van der Waals surface area contributed by atoms with Gasteiger partial charge in [0.1, 0.15) is 13.2 Å². The molecule has 0 aromatic heterocycles. The molecule has 0 saturated carbocycles. The van der Waals surface area contributed by atoms with Gasteiger partial charge in [0.15, 0.2) is 0 Å². The van der Waals surface area contributed by atoms with E-state index in [0.717, 1.165) is 5.70 Å². The highest BCUT2D eigenvalue weighted by molar-refractivity contribution is 5.60. The summed E-state index contributed by atoms with van der Waals surface area (Å²) >= 11 is 0. The first-order valence-electron chi connectivity index (χ1n) is 4.12. The van der Waals surface area contributed by atoms with Gasteiger partial charge in [0.25, 0.3) is 0 Å².